The highest BCUT2D eigenvalue weighted by Crippen LogP contribution is 2.25. The zero-order valence-corrected chi connectivity index (χ0v) is 13.4. The monoisotopic (exact) mass is 296 g/mol. The second-order valence-corrected chi connectivity index (χ2v) is 6.08. The topological polar surface area (TPSA) is 45.4 Å². The van der Waals surface area contributed by atoms with Crippen LogP contribution in [0, 0.1) is 6.92 Å². The van der Waals surface area contributed by atoms with E-state index in [0.717, 1.165) is 43.1 Å². The third-order valence-electron chi connectivity index (χ3n) is 4.46. The summed E-state index contributed by atoms with van der Waals surface area (Å²) >= 11 is 0. The van der Waals surface area contributed by atoms with E-state index in [1.54, 1.807) is 0 Å². The molecule has 0 amide bonds. The lowest BCUT2D eigenvalue weighted by Crippen LogP contribution is -2.44. The molecule has 0 radical (unpaired) electrons. The summed E-state index contributed by atoms with van der Waals surface area (Å²) < 4.78 is 0. The van der Waals surface area contributed by atoms with Crippen molar-refractivity contribution in [1.29, 1.82) is 0 Å². The minimum absolute atomic E-state index is 0.116. The quantitative estimate of drug-likeness (QED) is 0.943. The van der Waals surface area contributed by atoms with Gasteiger partial charge in [-0.3, -0.25) is 0 Å². The molecule has 0 aliphatic carbocycles. The van der Waals surface area contributed by atoms with Crippen LogP contribution >= 0.6 is 0 Å². The first kappa shape index (κ1) is 15.0. The molecule has 1 unspecified atom stereocenters. The molecule has 4 nitrogen and oxygen atoms in total. The number of nitrogens with zero attached hydrogens (tertiary/aromatic N) is 3. The summed E-state index contributed by atoms with van der Waals surface area (Å²) in [4.78, 5) is 9.36. The second kappa shape index (κ2) is 6.46. The van der Waals surface area contributed by atoms with Gasteiger partial charge in [-0.1, -0.05) is 30.3 Å². The van der Waals surface area contributed by atoms with Crippen molar-refractivity contribution < 1.29 is 0 Å². The SMILES string of the molecule is Cc1cc(N2CCN(C)CC2)ncc1C(N)c1ccccc1. The molecule has 1 aliphatic rings. The third kappa shape index (κ3) is 3.13. The van der Waals surface area contributed by atoms with E-state index in [1.165, 1.54) is 5.56 Å². The molecule has 0 saturated carbocycles. The summed E-state index contributed by atoms with van der Waals surface area (Å²) in [6.45, 7) is 6.37. The van der Waals surface area contributed by atoms with Crippen molar-refractivity contribution in [1.82, 2.24) is 9.88 Å². The van der Waals surface area contributed by atoms with Crippen molar-refractivity contribution in [3.63, 3.8) is 0 Å². The highest BCUT2D eigenvalue weighted by Gasteiger charge is 2.17. The fourth-order valence-corrected chi connectivity index (χ4v) is 2.93. The number of pyridine rings is 1. The first-order chi connectivity index (χ1) is 10.6. The van der Waals surface area contributed by atoms with Crippen LogP contribution in [0.5, 0.6) is 0 Å². The van der Waals surface area contributed by atoms with Gasteiger partial charge in [0.2, 0.25) is 0 Å². The third-order valence-corrected chi connectivity index (χ3v) is 4.46. The van der Waals surface area contributed by atoms with Crippen molar-refractivity contribution >= 4 is 5.82 Å². The number of anilines is 1. The van der Waals surface area contributed by atoms with E-state index < -0.39 is 0 Å². The van der Waals surface area contributed by atoms with Crippen LogP contribution in [-0.4, -0.2) is 43.1 Å². The van der Waals surface area contributed by atoms with Crippen molar-refractivity contribution in [2.75, 3.05) is 38.1 Å². The summed E-state index contributed by atoms with van der Waals surface area (Å²) in [5, 5.41) is 0. The van der Waals surface area contributed by atoms with E-state index in [4.69, 9.17) is 5.73 Å². The summed E-state index contributed by atoms with van der Waals surface area (Å²) in [7, 11) is 2.16. The number of benzene rings is 1. The van der Waals surface area contributed by atoms with Gasteiger partial charge in [-0.05, 0) is 36.7 Å². The van der Waals surface area contributed by atoms with Crippen molar-refractivity contribution in [2.24, 2.45) is 5.73 Å². The summed E-state index contributed by atoms with van der Waals surface area (Å²) in [6, 6.07) is 12.3. The van der Waals surface area contributed by atoms with Gasteiger partial charge in [0.15, 0.2) is 0 Å². The van der Waals surface area contributed by atoms with Gasteiger partial charge in [-0.2, -0.15) is 0 Å². The fraction of sp³-hybridized carbons (Fsp3) is 0.389. The Bertz CT molecular complexity index is 618. The van der Waals surface area contributed by atoms with Gasteiger partial charge >= 0.3 is 0 Å². The number of piperazine rings is 1. The summed E-state index contributed by atoms with van der Waals surface area (Å²) in [5.41, 5.74) is 9.84. The zero-order valence-electron chi connectivity index (χ0n) is 13.4. The number of rotatable bonds is 3. The van der Waals surface area contributed by atoms with Crippen molar-refractivity contribution in [3.05, 3.63) is 59.3 Å². The predicted octanol–water partition coefficient (Wildman–Crippen LogP) is 2.19. The predicted molar refractivity (Wildman–Crippen MR) is 91.2 cm³/mol. The van der Waals surface area contributed by atoms with Gasteiger partial charge in [0.1, 0.15) is 5.82 Å². The van der Waals surface area contributed by atoms with E-state index >= 15 is 0 Å². The molecule has 0 spiro atoms. The van der Waals surface area contributed by atoms with Crippen LogP contribution in [-0.2, 0) is 0 Å². The van der Waals surface area contributed by atoms with Gasteiger partial charge in [0.25, 0.3) is 0 Å². The minimum Gasteiger partial charge on any atom is -0.354 e. The van der Waals surface area contributed by atoms with Gasteiger partial charge in [0.05, 0.1) is 6.04 Å². The first-order valence-electron chi connectivity index (χ1n) is 7.85. The lowest BCUT2D eigenvalue weighted by atomic mass is 9.97. The van der Waals surface area contributed by atoms with E-state index in [1.807, 2.05) is 24.4 Å². The largest absolute Gasteiger partial charge is 0.354 e. The van der Waals surface area contributed by atoms with Crippen LogP contribution in [0.15, 0.2) is 42.6 Å². The smallest absolute Gasteiger partial charge is 0.128 e. The standard InChI is InChI=1S/C18H24N4/c1-14-12-17(22-10-8-21(2)9-11-22)20-13-16(14)18(19)15-6-4-3-5-7-15/h3-7,12-13,18H,8-11,19H2,1-2H3. The first-order valence-corrected chi connectivity index (χ1v) is 7.85. The van der Waals surface area contributed by atoms with Crippen LogP contribution < -0.4 is 10.6 Å². The average Bonchev–Trinajstić information content (AvgIpc) is 2.56. The van der Waals surface area contributed by atoms with Crippen molar-refractivity contribution in [3.8, 4) is 0 Å². The molecule has 3 rings (SSSR count). The van der Waals surface area contributed by atoms with Crippen molar-refractivity contribution in [2.45, 2.75) is 13.0 Å². The van der Waals surface area contributed by atoms with E-state index in [9.17, 15) is 0 Å². The number of hydrogen-bond donors (Lipinski definition) is 1. The summed E-state index contributed by atoms with van der Waals surface area (Å²) in [6.07, 6.45) is 1.95. The maximum atomic E-state index is 6.40. The van der Waals surface area contributed by atoms with E-state index in [-0.39, 0.29) is 6.04 Å². The van der Waals surface area contributed by atoms with Gasteiger partial charge in [0, 0.05) is 32.4 Å². The Kier molecular flexibility index (Phi) is 4.41. The molecule has 1 aromatic heterocycles. The maximum absolute atomic E-state index is 6.40. The zero-order chi connectivity index (χ0) is 15.5. The maximum Gasteiger partial charge on any atom is 0.128 e. The van der Waals surface area contributed by atoms with Crippen LogP contribution in [0.25, 0.3) is 0 Å². The van der Waals surface area contributed by atoms with E-state index in [0.29, 0.717) is 0 Å². The number of aromatic nitrogens is 1. The number of nitrogens with two attached hydrogens (primary N) is 1. The molecule has 1 fully saturated rings. The Hall–Kier alpha value is -1.91. The lowest BCUT2D eigenvalue weighted by Gasteiger charge is -2.33. The molecule has 4 heteroatoms. The molecule has 1 aliphatic heterocycles. The van der Waals surface area contributed by atoms with E-state index in [2.05, 4.69) is 47.0 Å². The van der Waals surface area contributed by atoms with Crippen LogP contribution in [0.2, 0.25) is 0 Å². The molecular weight excluding hydrogens is 272 g/mol. The highest BCUT2D eigenvalue weighted by atomic mass is 15.3. The molecule has 116 valence electrons. The molecule has 2 N–H and O–H groups in total. The Balaban J connectivity index is 1.80. The van der Waals surface area contributed by atoms with Gasteiger partial charge in [-0.15, -0.1) is 0 Å². The Morgan fingerprint density at radius 3 is 2.41 bits per heavy atom. The summed E-state index contributed by atoms with van der Waals surface area (Å²) in [5.74, 6) is 1.06. The second-order valence-electron chi connectivity index (χ2n) is 6.08. The Labute approximate surface area is 132 Å². The van der Waals surface area contributed by atoms with Gasteiger partial charge < -0.3 is 15.5 Å². The molecule has 2 aromatic rings. The van der Waals surface area contributed by atoms with Crippen LogP contribution in [0.4, 0.5) is 5.82 Å². The minimum atomic E-state index is -0.116. The highest BCUT2D eigenvalue weighted by molar-refractivity contribution is 5.46. The van der Waals surface area contributed by atoms with Crippen LogP contribution in [0.1, 0.15) is 22.7 Å². The average molecular weight is 296 g/mol. The molecule has 1 aromatic carbocycles. The number of likely N-dealkylation sites (N-methyl/N-ethyl adjacent to an activating group) is 1. The molecule has 2 heterocycles. The Morgan fingerprint density at radius 2 is 1.77 bits per heavy atom. The normalized spacial score (nSPS) is 17.5. The van der Waals surface area contributed by atoms with Crippen LogP contribution in [0.3, 0.4) is 0 Å². The molecule has 22 heavy (non-hydrogen) atoms. The molecule has 0 bridgehead atoms. The number of aryl methyl sites for hydroxylation is 1. The molecular formula is C18H24N4. The number of hydrogen-bond acceptors (Lipinski definition) is 4. The molecule has 1 atom stereocenters. The molecule has 1 saturated heterocycles. The fourth-order valence-electron chi connectivity index (χ4n) is 2.93. The van der Waals surface area contributed by atoms with Gasteiger partial charge in [-0.25, -0.2) is 4.98 Å². The lowest BCUT2D eigenvalue weighted by molar-refractivity contribution is 0.312. The Morgan fingerprint density at radius 1 is 1.09 bits per heavy atom.